The second-order valence-electron chi connectivity index (χ2n) is 5.66. The molecule has 5 N–H and O–H groups in total. The Labute approximate surface area is 135 Å². The van der Waals surface area contributed by atoms with Crippen LogP contribution in [0.15, 0.2) is 35.4 Å². The highest BCUT2D eigenvalue weighted by Crippen LogP contribution is 2.38. The highest BCUT2D eigenvalue weighted by atomic mass is 16.6. The predicted octanol–water partition coefficient (Wildman–Crippen LogP) is -0.274. The van der Waals surface area contributed by atoms with Gasteiger partial charge in [0.05, 0.1) is 24.8 Å². The van der Waals surface area contributed by atoms with E-state index in [-0.39, 0.29) is 5.82 Å². The predicted molar refractivity (Wildman–Crippen MR) is 81.8 cm³/mol. The number of nitrogen functional groups attached to an aromatic ring is 1. The Morgan fingerprint density at radius 1 is 1.29 bits per heavy atom. The highest BCUT2D eigenvalue weighted by molar-refractivity contribution is 5.88. The minimum Gasteiger partial charge on any atom is -0.472 e. The molecule has 0 aromatic carbocycles. The molecule has 0 radical (unpaired) electrons. The molecule has 1 aliphatic rings. The number of aromatic nitrogens is 3. The highest BCUT2D eigenvalue weighted by Gasteiger charge is 2.44. The van der Waals surface area contributed by atoms with Crippen LogP contribution >= 0.6 is 0 Å². The van der Waals surface area contributed by atoms with E-state index in [2.05, 4.69) is 10.1 Å². The van der Waals surface area contributed by atoms with Crippen molar-refractivity contribution >= 4 is 11.3 Å². The van der Waals surface area contributed by atoms with Crippen LogP contribution in [0.5, 0.6) is 0 Å². The number of nitrogens with zero attached hydrogens (tertiary/aromatic N) is 3. The SMILES string of the molecule is Nc1ncnn2c([C@@H]3O[C@H](CO)[C@@H](O)[C@H]3O)cc(-c3ccoc3)c12. The molecular weight excluding hydrogens is 316 g/mol. The maximum atomic E-state index is 10.3. The Morgan fingerprint density at radius 2 is 2.12 bits per heavy atom. The third-order valence-electron chi connectivity index (χ3n) is 4.28. The monoisotopic (exact) mass is 332 g/mol. The number of aliphatic hydroxyl groups is 3. The summed E-state index contributed by atoms with van der Waals surface area (Å²) < 4.78 is 12.2. The number of furan rings is 1. The van der Waals surface area contributed by atoms with E-state index >= 15 is 0 Å². The maximum absolute atomic E-state index is 10.3. The van der Waals surface area contributed by atoms with Gasteiger partial charge in [0.15, 0.2) is 5.82 Å². The van der Waals surface area contributed by atoms with Gasteiger partial charge >= 0.3 is 0 Å². The number of fused-ring (bicyclic) bond motifs is 1. The molecule has 0 spiro atoms. The normalized spacial score (nSPS) is 27.1. The zero-order valence-electron chi connectivity index (χ0n) is 12.5. The van der Waals surface area contributed by atoms with Gasteiger partial charge in [-0.15, -0.1) is 0 Å². The van der Waals surface area contributed by atoms with E-state index in [0.717, 1.165) is 11.1 Å². The summed E-state index contributed by atoms with van der Waals surface area (Å²) in [7, 11) is 0. The minimum absolute atomic E-state index is 0.263. The second-order valence-corrected chi connectivity index (χ2v) is 5.66. The Hall–Kier alpha value is -2.46. The fourth-order valence-corrected chi connectivity index (χ4v) is 3.08. The average molecular weight is 332 g/mol. The lowest BCUT2D eigenvalue weighted by Gasteiger charge is -2.14. The zero-order chi connectivity index (χ0) is 16.8. The minimum atomic E-state index is -1.20. The van der Waals surface area contributed by atoms with Crippen LogP contribution in [0.2, 0.25) is 0 Å². The molecule has 0 saturated carbocycles. The van der Waals surface area contributed by atoms with Gasteiger partial charge in [0.1, 0.15) is 36.3 Å². The third kappa shape index (κ3) is 2.10. The van der Waals surface area contributed by atoms with E-state index in [0.29, 0.717) is 11.2 Å². The smallest absolute Gasteiger partial charge is 0.151 e. The standard InChI is InChI=1S/C15H16N4O5/c16-15-11-8(7-1-2-23-5-7)3-9(19(11)18-6-17-15)14-13(22)12(21)10(4-20)24-14/h1-3,5-6,10,12-14,20-22H,4H2,(H2,16,17,18)/t10-,12-,13-,14+/m1/s1. The van der Waals surface area contributed by atoms with E-state index in [1.165, 1.54) is 17.1 Å². The number of aliphatic hydroxyl groups excluding tert-OH is 3. The van der Waals surface area contributed by atoms with Crippen molar-refractivity contribution in [2.75, 3.05) is 12.3 Å². The topological polar surface area (TPSA) is 139 Å². The Bertz CT molecular complexity index is 862. The van der Waals surface area contributed by atoms with Crippen molar-refractivity contribution in [2.45, 2.75) is 24.4 Å². The van der Waals surface area contributed by atoms with Crippen LogP contribution in [0.25, 0.3) is 16.6 Å². The largest absolute Gasteiger partial charge is 0.472 e. The molecule has 24 heavy (non-hydrogen) atoms. The molecule has 1 aliphatic heterocycles. The molecule has 3 aromatic rings. The molecule has 126 valence electrons. The molecular formula is C15H16N4O5. The van der Waals surface area contributed by atoms with E-state index in [1.807, 2.05) is 0 Å². The summed E-state index contributed by atoms with van der Waals surface area (Å²) in [5.41, 5.74) is 8.53. The summed E-state index contributed by atoms with van der Waals surface area (Å²) in [6, 6.07) is 3.52. The summed E-state index contributed by atoms with van der Waals surface area (Å²) in [4.78, 5) is 4.01. The molecule has 4 atom stereocenters. The van der Waals surface area contributed by atoms with Crippen LogP contribution in [0.1, 0.15) is 11.8 Å². The summed E-state index contributed by atoms with van der Waals surface area (Å²) in [6.07, 6.45) is 0.266. The summed E-state index contributed by atoms with van der Waals surface area (Å²) >= 11 is 0. The van der Waals surface area contributed by atoms with Gasteiger partial charge in [0.25, 0.3) is 0 Å². The molecule has 4 heterocycles. The summed E-state index contributed by atoms with van der Waals surface area (Å²) in [5.74, 6) is 0.263. The number of ether oxygens (including phenoxy) is 1. The van der Waals surface area contributed by atoms with Gasteiger partial charge in [-0.05, 0) is 12.1 Å². The number of hydrogen-bond acceptors (Lipinski definition) is 8. The van der Waals surface area contributed by atoms with Crippen molar-refractivity contribution < 1.29 is 24.5 Å². The first-order valence-electron chi connectivity index (χ1n) is 7.39. The van der Waals surface area contributed by atoms with E-state index in [9.17, 15) is 15.3 Å². The van der Waals surface area contributed by atoms with Crippen LogP contribution in [0.4, 0.5) is 5.82 Å². The number of nitrogens with two attached hydrogens (primary N) is 1. The fourth-order valence-electron chi connectivity index (χ4n) is 3.08. The van der Waals surface area contributed by atoms with E-state index < -0.39 is 31.0 Å². The fraction of sp³-hybridized carbons (Fsp3) is 0.333. The van der Waals surface area contributed by atoms with Crippen molar-refractivity contribution in [3.63, 3.8) is 0 Å². The van der Waals surface area contributed by atoms with Crippen molar-refractivity contribution in [1.29, 1.82) is 0 Å². The van der Waals surface area contributed by atoms with Crippen LogP contribution in [0, 0.1) is 0 Å². The molecule has 1 fully saturated rings. The van der Waals surface area contributed by atoms with E-state index in [1.54, 1.807) is 18.4 Å². The van der Waals surface area contributed by atoms with Crippen molar-refractivity contribution in [2.24, 2.45) is 0 Å². The Balaban J connectivity index is 1.90. The molecule has 0 amide bonds. The molecule has 0 unspecified atom stereocenters. The van der Waals surface area contributed by atoms with Crippen LogP contribution in [-0.4, -0.2) is 54.8 Å². The van der Waals surface area contributed by atoms with Crippen LogP contribution < -0.4 is 5.73 Å². The molecule has 3 aromatic heterocycles. The summed E-state index contributed by atoms with van der Waals surface area (Å²) in [6.45, 7) is -0.399. The molecule has 0 aliphatic carbocycles. The lowest BCUT2D eigenvalue weighted by atomic mass is 10.0. The molecule has 9 nitrogen and oxygen atoms in total. The van der Waals surface area contributed by atoms with Gasteiger partial charge < -0.3 is 30.2 Å². The van der Waals surface area contributed by atoms with Gasteiger partial charge in [0.2, 0.25) is 0 Å². The molecule has 4 rings (SSSR count). The average Bonchev–Trinajstić information content (AvgIpc) is 3.28. The Morgan fingerprint density at radius 3 is 2.79 bits per heavy atom. The quantitative estimate of drug-likeness (QED) is 0.514. The van der Waals surface area contributed by atoms with Crippen LogP contribution in [-0.2, 0) is 4.74 Å². The van der Waals surface area contributed by atoms with Crippen LogP contribution in [0.3, 0.4) is 0 Å². The number of rotatable bonds is 3. The third-order valence-corrected chi connectivity index (χ3v) is 4.28. The van der Waals surface area contributed by atoms with Gasteiger partial charge in [-0.3, -0.25) is 0 Å². The van der Waals surface area contributed by atoms with Crippen molar-refractivity contribution in [3.8, 4) is 11.1 Å². The Kier molecular flexibility index (Phi) is 3.50. The van der Waals surface area contributed by atoms with E-state index in [4.69, 9.17) is 14.9 Å². The maximum Gasteiger partial charge on any atom is 0.151 e. The first-order chi connectivity index (χ1) is 11.6. The molecule has 0 bridgehead atoms. The van der Waals surface area contributed by atoms with Gasteiger partial charge in [-0.1, -0.05) is 0 Å². The van der Waals surface area contributed by atoms with Crippen molar-refractivity contribution in [3.05, 3.63) is 36.7 Å². The summed E-state index contributed by atoms with van der Waals surface area (Å²) in [5, 5.41) is 33.7. The molecule has 9 heteroatoms. The van der Waals surface area contributed by atoms with Crippen molar-refractivity contribution in [1.82, 2.24) is 14.6 Å². The molecule has 1 saturated heterocycles. The first-order valence-corrected chi connectivity index (χ1v) is 7.39. The van der Waals surface area contributed by atoms with Gasteiger partial charge in [-0.2, -0.15) is 5.10 Å². The zero-order valence-corrected chi connectivity index (χ0v) is 12.5. The van der Waals surface area contributed by atoms with Gasteiger partial charge in [0, 0.05) is 11.1 Å². The number of hydrogen-bond donors (Lipinski definition) is 4. The lowest BCUT2D eigenvalue weighted by Crippen LogP contribution is -2.32. The first kappa shape index (κ1) is 15.1. The lowest BCUT2D eigenvalue weighted by molar-refractivity contribution is -0.0244. The number of anilines is 1. The second kappa shape index (κ2) is 5.56. The van der Waals surface area contributed by atoms with Gasteiger partial charge in [-0.25, -0.2) is 9.50 Å².